The molecule has 0 saturated heterocycles. The summed E-state index contributed by atoms with van der Waals surface area (Å²) in [6.45, 7) is 3.88. The Balaban J connectivity index is 0.000000184. The summed E-state index contributed by atoms with van der Waals surface area (Å²) in [7, 11) is 0. The third kappa shape index (κ3) is 3.90. The number of hydrogen-bond donors (Lipinski definition) is 2. The fraction of sp³-hybridized carbons (Fsp3) is 0.143. The van der Waals surface area contributed by atoms with Gasteiger partial charge in [-0.1, -0.05) is 24.3 Å². The van der Waals surface area contributed by atoms with Gasteiger partial charge < -0.3 is 11.5 Å². The molecule has 0 aliphatic carbocycles. The van der Waals surface area contributed by atoms with Crippen molar-refractivity contribution in [3.63, 3.8) is 0 Å². The van der Waals surface area contributed by atoms with Gasteiger partial charge in [0.2, 0.25) is 0 Å². The minimum absolute atomic E-state index is 0.463. The first kappa shape index (κ1) is 13.7. The summed E-state index contributed by atoms with van der Waals surface area (Å²) in [5.41, 5.74) is 13.5. The number of nitrogens with zero attached hydrogens (tertiary/aromatic N) is 1. The number of carbonyl (C=O) groups is 1. The zero-order valence-electron chi connectivity index (χ0n) is 10.6. The van der Waals surface area contributed by atoms with E-state index in [2.05, 4.69) is 4.98 Å². The van der Waals surface area contributed by atoms with Crippen molar-refractivity contribution in [1.82, 2.24) is 4.98 Å². The molecule has 0 saturated carbocycles. The monoisotopic (exact) mass is 243 g/mol. The highest BCUT2D eigenvalue weighted by atomic mass is 16.1. The molecule has 94 valence electrons. The molecule has 0 unspecified atom stereocenters. The van der Waals surface area contributed by atoms with E-state index in [1.165, 1.54) is 0 Å². The minimum Gasteiger partial charge on any atom is -0.384 e. The Kier molecular flexibility index (Phi) is 4.87. The highest BCUT2D eigenvalue weighted by Crippen LogP contribution is 2.09. The lowest BCUT2D eigenvalue weighted by atomic mass is 10.1. The van der Waals surface area contributed by atoms with E-state index in [0.29, 0.717) is 11.6 Å². The van der Waals surface area contributed by atoms with Crippen molar-refractivity contribution in [3.05, 3.63) is 53.1 Å². The van der Waals surface area contributed by atoms with Gasteiger partial charge in [-0.15, -0.1) is 0 Å². The minimum atomic E-state index is 0.463. The molecule has 0 amide bonds. The quantitative estimate of drug-likeness (QED) is 0.753. The molecular weight excluding hydrogens is 226 g/mol. The van der Waals surface area contributed by atoms with Gasteiger partial charge >= 0.3 is 0 Å². The van der Waals surface area contributed by atoms with Crippen LogP contribution in [0.3, 0.4) is 0 Å². The molecule has 0 atom stereocenters. The Hall–Kier alpha value is -2.36. The normalized spacial score (nSPS) is 9.22. The molecule has 4 nitrogen and oxygen atoms in total. The van der Waals surface area contributed by atoms with Crippen LogP contribution in [0.1, 0.15) is 21.5 Å². The number of aldehydes is 1. The van der Waals surface area contributed by atoms with Crippen LogP contribution < -0.4 is 11.5 Å². The number of hydrogen-bond acceptors (Lipinski definition) is 4. The van der Waals surface area contributed by atoms with Gasteiger partial charge in [0.1, 0.15) is 11.6 Å². The molecular formula is C14H17N3O. The maximum atomic E-state index is 10.4. The van der Waals surface area contributed by atoms with E-state index in [1.807, 2.05) is 32.0 Å². The van der Waals surface area contributed by atoms with Crippen molar-refractivity contribution >= 4 is 17.9 Å². The first-order valence-electron chi connectivity index (χ1n) is 5.54. The summed E-state index contributed by atoms with van der Waals surface area (Å²) in [5.74, 6) is 0.926. The standard InChI is InChI=1S/C9H10O.C5H7N3/c1-7-4-3-5-8(2)9(7)6-10;6-4-2-1-3-5(7)8-4/h3-6H,1-2H3;1-3H,(H4,6,7,8). The van der Waals surface area contributed by atoms with Gasteiger partial charge in [0.05, 0.1) is 0 Å². The largest absolute Gasteiger partial charge is 0.384 e. The van der Waals surface area contributed by atoms with Crippen molar-refractivity contribution in [3.8, 4) is 0 Å². The average Bonchev–Trinajstić information content (AvgIpc) is 2.29. The summed E-state index contributed by atoms with van der Waals surface area (Å²) in [4.78, 5) is 14.2. The first-order chi connectivity index (χ1) is 8.54. The van der Waals surface area contributed by atoms with E-state index in [0.717, 1.165) is 23.0 Å². The zero-order chi connectivity index (χ0) is 13.5. The highest BCUT2D eigenvalue weighted by molar-refractivity contribution is 5.79. The van der Waals surface area contributed by atoms with Crippen LogP contribution in [-0.2, 0) is 0 Å². The number of pyridine rings is 1. The Labute approximate surface area is 107 Å². The van der Waals surface area contributed by atoms with Crippen LogP contribution in [0.2, 0.25) is 0 Å². The van der Waals surface area contributed by atoms with Gasteiger partial charge in [-0.25, -0.2) is 4.98 Å². The molecule has 0 aliphatic rings. The highest BCUT2D eigenvalue weighted by Gasteiger charge is 1.97. The number of benzene rings is 1. The first-order valence-corrected chi connectivity index (χ1v) is 5.54. The lowest BCUT2D eigenvalue weighted by Crippen LogP contribution is -1.93. The van der Waals surface area contributed by atoms with E-state index >= 15 is 0 Å². The molecule has 0 spiro atoms. The van der Waals surface area contributed by atoms with Crippen molar-refractivity contribution < 1.29 is 4.79 Å². The number of aryl methyl sites for hydroxylation is 2. The summed E-state index contributed by atoms with van der Waals surface area (Å²) in [6, 6.07) is 11.0. The summed E-state index contributed by atoms with van der Waals surface area (Å²) in [6.07, 6.45) is 0.907. The SMILES string of the molecule is Cc1cccc(C)c1C=O.Nc1cccc(N)n1. The molecule has 0 bridgehead atoms. The Morgan fingerprint density at radius 3 is 1.67 bits per heavy atom. The number of carbonyl (C=O) groups excluding carboxylic acids is 1. The number of nitrogens with two attached hydrogens (primary N) is 2. The van der Waals surface area contributed by atoms with E-state index < -0.39 is 0 Å². The molecule has 18 heavy (non-hydrogen) atoms. The zero-order valence-corrected chi connectivity index (χ0v) is 10.6. The Morgan fingerprint density at radius 1 is 0.944 bits per heavy atom. The molecule has 2 rings (SSSR count). The van der Waals surface area contributed by atoms with Crippen LogP contribution in [-0.4, -0.2) is 11.3 Å². The van der Waals surface area contributed by atoms with E-state index in [-0.39, 0.29) is 0 Å². The Morgan fingerprint density at radius 2 is 1.39 bits per heavy atom. The number of nitrogen functional groups attached to an aromatic ring is 2. The molecule has 0 fully saturated rings. The Bertz CT molecular complexity index is 501. The fourth-order valence-corrected chi connectivity index (χ4v) is 1.48. The van der Waals surface area contributed by atoms with E-state index in [9.17, 15) is 4.79 Å². The van der Waals surface area contributed by atoms with Gasteiger partial charge in [-0.05, 0) is 37.1 Å². The molecule has 4 heteroatoms. The molecule has 1 heterocycles. The van der Waals surface area contributed by atoms with Crippen molar-refractivity contribution in [2.45, 2.75) is 13.8 Å². The number of rotatable bonds is 1. The molecule has 0 radical (unpaired) electrons. The smallest absolute Gasteiger partial charge is 0.150 e. The van der Waals surface area contributed by atoms with Gasteiger partial charge in [0, 0.05) is 5.56 Å². The van der Waals surface area contributed by atoms with Crippen molar-refractivity contribution in [1.29, 1.82) is 0 Å². The molecule has 1 aromatic carbocycles. The fourth-order valence-electron chi connectivity index (χ4n) is 1.48. The molecule has 4 N–H and O–H groups in total. The molecule has 1 aromatic heterocycles. The van der Waals surface area contributed by atoms with Crippen LogP contribution in [0.5, 0.6) is 0 Å². The maximum Gasteiger partial charge on any atom is 0.150 e. The van der Waals surface area contributed by atoms with Crippen LogP contribution in [0.4, 0.5) is 11.6 Å². The topological polar surface area (TPSA) is 82.0 Å². The predicted molar refractivity (Wildman–Crippen MR) is 74.4 cm³/mol. The van der Waals surface area contributed by atoms with E-state index in [4.69, 9.17) is 11.5 Å². The van der Waals surface area contributed by atoms with Gasteiger partial charge in [-0.3, -0.25) is 4.79 Å². The van der Waals surface area contributed by atoms with Crippen LogP contribution >= 0.6 is 0 Å². The summed E-state index contributed by atoms with van der Waals surface area (Å²) < 4.78 is 0. The van der Waals surface area contributed by atoms with E-state index in [1.54, 1.807) is 18.2 Å². The van der Waals surface area contributed by atoms with Crippen molar-refractivity contribution in [2.75, 3.05) is 11.5 Å². The van der Waals surface area contributed by atoms with Gasteiger partial charge in [0.15, 0.2) is 6.29 Å². The van der Waals surface area contributed by atoms with Gasteiger partial charge in [0.25, 0.3) is 0 Å². The lowest BCUT2D eigenvalue weighted by Gasteiger charge is -1.99. The van der Waals surface area contributed by atoms with Crippen molar-refractivity contribution in [2.24, 2.45) is 0 Å². The maximum absolute atomic E-state index is 10.4. The lowest BCUT2D eigenvalue weighted by molar-refractivity contribution is 0.112. The van der Waals surface area contributed by atoms with Crippen LogP contribution in [0, 0.1) is 13.8 Å². The number of aromatic nitrogens is 1. The third-order valence-electron chi connectivity index (χ3n) is 2.45. The number of anilines is 2. The molecule has 2 aromatic rings. The van der Waals surface area contributed by atoms with Crippen LogP contribution in [0.25, 0.3) is 0 Å². The van der Waals surface area contributed by atoms with Crippen LogP contribution in [0.15, 0.2) is 36.4 Å². The third-order valence-corrected chi connectivity index (χ3v) is 2.45. The summed E-state index contributed by atoms with van der Waals surface area (Å²) >= 11 is 0. The molecule has 0 aliphatic heterocycles. The predicted octanol–water partition coefficient (Wildman–Crippen LogP) is 2.36. The second-order valence-electron chi connectivity index (χ2n) is 3.91. The second-order valence-corrected chi connectivity index (χ2v) is 3.91. The summed E-state index contributed by atoms with van der Waals surface area (Å²) in [5, 5.41) is 0. The average molecular weight is 243 g/mol. The second kappa shape index (κ2) is 6.39. The van der Waals surface area contributed by atoms with Gasteiger partial charge in [-0.2, -0.15) is 0 Å².